The fourth-order valence-electron chi connectivity index (χ4n) is 1.36. The molecular formula is C12H26N2O7Si2. The number of isocyanates is 2. The normalized spacial score (nSPS) is 10.9. The molecule has 11 heteroatoms. The highest BCUT2D eigenvalue weighted by Gasteiger charge is 2.36. The zero-order valence-electron chi connectivity index (χ0n) is 14.6. The summed E-state index contributed by atoms with van der Waals surface area (Å²) >= 11 is 0. The lowest BCUT2D eigenvalue weighted by Gasteiger charge is -2.23. The Balaban J connectivity index is 0. The van der Waals surface area contributed by atoms with Gasteiger partial charge in [-0.15, -0.1) is 0 Å². The quantitative estimate of drug-likeness (QED) is 0.231. The van der Waals surface area contributed by atoms with Gasteiger partial charge in [0.2, 0.25) is 12.2 Å². The van der Waals surface area contributed by atoms with Gasteiger partial charge in [0, 0.05) is 41.6 Å². The Hall–Kier alpha value is -1.01. The smallest absolute Gasteiger partial charge is 0.397 e. The van der Waals surface area contributed by atoms with Gasteiger partial charge in [0.15, 0.2) is 0 Å². The van der Waals surface area contributed by atoms with Gasteiger partial charge in [0.25, 0.3) is 0 Å². The van der Waals surface area contributed by atoms with E-state index in [1.807, 2.05) is 6.55 Å². The third kappa shape index (κ3) is 11.2. The highest BCUT2D eigenvalue weighted by molar-refractivity contribution is 6.66. The molecule has 0 amide bonds. The minimum atomic E-state index is -2.46. The average molecular weight is 367 g/mol. The van der Waals surface area contributed by atoms with Crippen LogP contribution < -0.4 is 0 Å². The second-order valence-corrected chi connectivity index (χ2v) is 10.8. The van der Waals surface area contributed by atoms with Crippen LogP contribution in [0.25, 0.3) is 0 Å². The first kappa shape index (κ1) is 24.2. The van der Waals surface area contributed by atoms with Gasteiger partial charge in [-0.3, -0.25) is 0 Å². The summed E-state index contributed by atoms with van der Waals surface area (Å²) in [6, 6.07) is 0.654. The fourth-order valence-corrected chi connectivity index (χ4v) is 3.84. The van der Waals surface area contributed by atoms with E-state index in [4.69, 9.17) is 22.1 Å². The summed E-state index contributed by atoms with van der Waals surface area (Å²) in [4.78, 5) is 26.3. The van der Waals surface area contributed by atoms with E-state index in [-0.39, 0.29) is 0 Å². The van der Waals surface area contributed by atoms with E-state index in [2.05, 4.69) is 9.98 Å². The third-order valence-corrected chi connectivity index (χ3v) is 8.34. The zero-order valence-corrected chi connectivity index (χ0v) is 16.6. The number of carbonyl (C=O) groups excluding carboxylic acids is 2. The maximum absolute atomic E-state index is 9.76. The van der Waals surface area contributed by atoms with Crippen molar-refractivity contribution in [2.75, 3.05) is 48.3 Å². The van der Waals surface area contributed by atoms with Crippen molar-refractivity contribution in [1.82, 2.24) is 0 Å². The van der Waals surface area contributed by atoms with Gasteiger partial charge >= 0.3 is 17.4 Å². The van der Waals surface area contributed by atoms with Crippen LogP contribution in [0.1, 0.15) is 6.42 Å². The number of hydrogen-bond donors (Lipinski definition) is 0. The van der Waals surface area contributed by atoms with Crippen molar-refractivity contribution in [2.45, 2.75) is 19.0 Å². The summed E-state index contributed by atoms with van der Waals surface area (Å²) in [6.07, 6.45) is 3.93. The van der Waals surface area contributed by atoms with Crippen LogP contribution in [0.5, 0.6) is 0 Å². The van der Waals surface area contributed by atoms with E-state index >= 15 is 0 Å². The Morgan fingerprint density at radius 2 is 1.30 bits per heavy atom. The van der Waals surface area contributed by atoms with Gasteiger partial charge in [-0.2, -0.15) is 0 Å². The van der Waals surface area contributed by atoms with E-state index in [9.17, 15) is 9.59 Å². The first-order chi connectivity index (χ1) is 10.9. The van der Waals surface area contributed by atoms with Gasteiger partial charge in [0.05, 0.1) is 12.7 Å². The number of hydrogen-bond acceptors (Lipinski definition) is 9. The second-order valence-electron chi connectivity index (χ2n) is 4.32. The first-order valence-electron chi connectivity index (χ1n) is 6.76. The Morgan fingerprint density at radius 1 is 0.826 bits per heavy atom. The molecule has 0 spiro atoms. The van der Waals surface area contributed by atoms with Gasteiger partial charge in [0.1, 0.15) is 0 Å². The molecule has 0 fully saturated rings. The maximum Gasteiger partial charge on any atom is 0.500 e. The molecule has 0 saturated heterocycles. The molecule has 0 bridgehead atoms. The predicted molar refractivity (Wildman–Crippen MR) is 87.8 cm³/mol. The fraction of sp³-hybridized carbons (Fsp3) is 0.833. The monoisotopic (exact) mass is 366 g/mol. The van der Waals surface area contributed by atoms with Crippen molar-refractivity contribution >= 4 is 29.5 Å². The minimum absolute atomic E-state index is 0.309. The minimum Gasteiger partial charge on any atom is -0.397 e. The molecule has 134 valence electrons. The second kappa shape index (κ2) is 14.6. The summed E-state index contributed by atoms with van der Waals surface area (Å²) < 4.78 is 25.6. The van der Waals surface area contributed by atoms with Crippen LogP contribution in [-0.2, 0) is 31.7 Å². The number of nitrogens with zero attached hydrogens (tertiary/aromatic N) is 2. The Morgan fingerprint density at radius 3 is 1.65 bits per heavy atom. The summed E-state index contributed by atoms with van der Waals surface area (Å²) in [6.45, 7) is 2.27. The Bertz CT molecular complexity index is 383. The predicted octanol–water partition coefficient (Wildman–Crippen LogP) is 0.817. The Labute approximate surface area is 139 Å². The van der Waals surface area contributed by atoms with Crippen LogP contribution in [0.3, 0.4) is 0 Å². The van der Waals surface area contributed by atoms with Gasteiger partial charge in [-0.1, -0.05) is 0 Å². The molecule has 0 aliphatic heterocycles. The van der Waals surface area contributed by atoms with Gasteiger partial charge in [-0.25, -0.2) is 19.6 Å². The molecule has 0 rings (SSSR count). The van der Waals surface area contributed by atoms with Crippen molar-refractivity contribution in [3.63, 3.8) is 0 Å². The standard InChI is InChI=1S/C7H15NO4Si.C5H11NO3Si/c1-10-13(11-2,12-3)6-4-5-8-7-9;1-8-10(3,9-2)5-6-4-7/h4-6H2,1-3H3;5H2,1-3H3. The lowest BCUT2D eigenvalue weighted by Crippen LogP contribution is -2.42. The first-order valence-corrected chi connectivity index (χ1v) is 11.2. The van der Waals surface area contributed by atoms with Crippen LogP contribution in [0.2, 0.25) is 12.6 Å². The molecule has 23 heavy (non-hydrogen) atoms. The number of aliphatic imine (C=N–C) groups is 2. The zero-order chi connectivity index (χ0) is 18.2. The molecule has 0 aliphatic rings. The van der Waals surface area contributed by atoms with E-state index in [0.29, 0.717) is 25.2 Å². The molecule has 0 N–H and O–H groups in total. The highest BCUT2D eigenvalue weighted by Crippen LogP contribution is 2.14. The molecule has 0 aromatic rings. The SMILES string of the molecule is CO[Si](C)(CN=C=O)OC.CO[Si](CCCN=C=O)(OC)OC. The molecule has 0 saturated carbocycles. The van der Waals surface area contributed by atoms with E-state index in [1.54, 1.807) is 35.5 Å². The third-order valence-electron chi connectivity index (χ3n) is 3.04. The van der Waals surface area contributed by atoms with Crippen molar-refractivity contribution in [1.29, 1.82) is 0 Å². The Kier molecular flexibility index (Phi) is 15.4. The molecule has 0 heterocycles. The number of rotatable bonds is 11. The summed E-state index contributed by atoms with van der Waals surface area (Å²) in [5, 5.41) is 0. The molecule has 0 aromatic carbocycles. The summed E-state index contributed by atoms with van der Waals surface area (Å²) in [7, 11) is 3.17. The molecule has 9 nitrogen and oxygen atoms in total. The van der Waals surface area contributed by atoms with Crippen molar-refractivity contribution in [2.24, 2.45) is 9.98 Å². The molecular weight excluding hydrogens is 340 g/mol. The highest BCUT2D eigenvalue weighted by atomic mass is 28.4. The van der Waals surface area contributed by atoms with Gasteiger partial charge in [-0.05, 0) is 13.0 Å². The van der Waals surface area contributed by atoms with E-state index in [1.165, 1.54) is 12.2 Å². The molecule has 0 atom stereocenters. The van der Waals surface area contributed by atoms with E-state index in [0.717, 1.165) is 0 Å². The van der Waals surface area contributed by atoms with Crippen molar-refractivity contribution < 1.29 is 31.7 Å². The van der Waals surface area contributed by atoms with Gasteiger partial charge < -0.3 is 22.1 Å². The average Bonchev–Trinajstić information content (AvgIpc) is 2.61. The topological polar surface area (TPSA) is 105 Å². The van der Waals surface area contributed by atoms with E-state index < -0.39 is 17.4 Å². The van der Waals surface area contributed by atoms with Crippen molar-refractivity contribution in [3.8, 4) is 0 Å². The lowest BCUT2D eigenvalue weighted by molar-refractivity contribution is 0.123. The molecule has 0 aliphatic carbocycles. The maximum atomic E-state index is 9.76. The van der Waals surface area contributed by atoms with Crippen molar-refractivity contribution in [3.05, 3.63) is 0 Å². The van der Waals surface area contributed by atoms with Crippen LogP contribution in [0.15, 0.2) is 9.98 Å². The molecule has 0 radical (unpaired) electrons. The van der Waals surface area contributed by atoms with Crippen LogP contribution in [-0.4, -0.2) is 77.8 Å². The summed E-state index contributed by atoms with van der Waals surface area (Å²) in [5.41, 5.74) is 0. The van der Waals surface area contributed by atoms with Crippen LogP contribution in [0, 0.1) is 0 Å². The summed E-state index contributed by atoms with van der Waals surface area (Å²) in [5.74, 6) is 0. The van der Waals surface area contributed by atoms with Crippen LogP contribution >= 0.6 is 0 Å². The van der Waals surface area contributed by atoms with Crippen LogP contribution in [0.4, 0.5) is 0 Å². The molecule has 0 unspecified atom stereocenters. The lowest BCUT2D eigenvalue weighted by atomic mass is 10.5. The molecule has 0 aromatic heterocycles. The largest absolute Gasteiger partial charge is 0.500 e.